The highest BCUT2D eigenvalue weighted by Crippen LogP contribution is 2.28. The number of halogens is 2. The predicted molar refractivity (Wildman–Crippen MR) is 100 cm³/mol. The standard InChI is InChI=1S/C17H15Cl2N3O4/c1-25-10-6-7-15(26-2)14(8-10)21-16(23)17(24)22-20-9-11-12(18)4-3-5-13(11)19/h3-9H,1-2H3,(H,21,23)(H,22,24)/b20-9+. The van der Waals surface area contributed by atoms with Gasteiger partial charge in [0.05, 0.1) is 36.2 Å². The summed E-state index contributed by atoms with van der Waals surface area (Å²) in [5.41, 5.74) is 2.81. The molecule has 2 amide bonds. The van der Waals surface area contributed by atoms with Crippen LogP contribution in [0.15, 0.2) is 41.5 Å². The maximum atomic E-state index is 12.0. The monoisotopic (exact) mass is 395 g/mol. The van der Waals surface area contributed by atoms with E-state index in [0.29, 0.717) is 27.1 Å². The van der Waals surface area contributed by atoms with Gasteiger partial charge in [-0.3, -0.25) is 9.59 Å². The van der Waals surface area contributed by atoms with E-state index >= 15 is 0 Å². The van der Waals surface area contributed by atoms with Gasteiger partial charge in [-0.25, -0.2) is 5.43 Å². The van der Waals surface area contributed by atoms with Crippen LogP contribution >= 0.6 is 23.2 Å². The van der Waals surface area contributed by atoms with Gasteiger partial charge in [0.15, 0.2) is 0 Å². The lowest BCUT2D eigenvalue weighted by molar-refractivity contribution is -0.136. The number of hydrazone groups is 1. The molecule has 0 aliphatic carbocycles. The lowest BCUT2D eigenvalue weighted by Gasteiger charge is -2.11. The summed E-state index contributed by atoms with van der Waals surface area (Å²) in [6.07, 6.45) is 1.25. The Morgan fingerprint density at radius 1 is 1.04 bits per heavy atom. The van der Waals surface area contributed by atoms with Crippen molar-refractivity contribution in [2.45, 2.75) is 0 Å². The number of carbonyl (C=O) groups excluding carboxylic acids is 2. The van der Waals surface area contributed by atoms with Crippen LogP contribution in [0.3, 0.4) is 0 Å². The second-order valence-corrected chi connectivity index (χ2v) is 5.67. The highest BCUT2D eigenvalue weighted by Gasteiger charge is 2.16. The third-order valence-electron chi connectivity index (χ3n) is 3.22. The van der Waals surface area contributed by atoms with Crippen LogP contribution in [0.4, 0.5) is 5.69 Å². The molecule has 2 aromatic carbocycles. The quantitative estimate of drug-likeness (QED) is 0.462. The Morgan fingerprint density at radius 3 is 2.35 bits per heavy atom. The van der Waals surface area contributed by atoms with Gasteiger partial charge in [-0.2, -0.15) is 5.10 Å². The number of methoxy groups -OCH3 is 2. The third kappa shape index (κ3) is 4.87. The first kappa shape index (κ1) is 19.6. The molecule has 0 fully saturated rings. The first-order valence-corrected chi connectivity index (χ1v) is 8.02. The molecule has 0 unspecified atom stereocenters. The van der Waals surface area contributed by atoms with Gasteiger partial charge < -0.3 is 14.8 Å². The first-order chi connectivity index (χ1) is 12.5. The van der Waals surface area contributed by atoms with Crippen LogP contribution in [-0.2, 0) is 9.59 Å². The van der Waals surface area contributed by atoms with Crippen LogP contribution in [0.2, 0.25) is 10.0 Å². The molecule has 0 aromatic heterocycles. The van der Waals surface area contributed by atoms with Crippen LogP contribution in [0.1, 0.15) is 5.56 Å². The molecule has 0 saturated carbocycles. The number of hydrogen-bond donors (Lipinski definition) is 2. The maximum Gasteiger partial charge on any atom is 0.329 e. The number of carbonyl (C=O) groups is 2. The second-order valence-electron chi connectivity index (χ2n) is 4.85. The molecule has 9 heteroatoms. The van der Waals surface area contributed by atoms with Gasteiger partial charge in [-0.15, -0.1) is 0 Å². The summed E-state index contributed by atoms with van der Waals surface area (Å²) < 4.78 is 10.2. The van der Waals surface area contributed by atoms with Crippen molar-refractivity contribution in [3.63, 3.8) is 0 Å². The number of benzene rings is 2. The minimum atomic E-state index is -0.978. The molecule has 0 radical (unpaired) electrons. The second kappa shape index (κ2) is 9.07. The highest BCUT2D eigenvalue weighted by molar-refractivity contribution is 6.40. The fraction of sp³-hybridized carbons (Fsp3) is 0.118. The number of ether oxygens (including phenoxy) is 2. The van der Waals surface area contributed by atoms with E-state index < -0.39 is 11.8 Å². The normalized spacial score (nSPS) is 10.5. The number of nitrogens with zero attached hydrogens (tertiary/aromatic N) is 1. The van der Waals surface area contributed by atoms with Crippen LogP contribution in [0, 0.1) is 0 Å². The maximum absolute atomic E-state index is 12.0. The first-order valence-electron chi connectivity index (χ1n) is 7.26. The van der Waals surface area contributed by atoms with Gasteiger partial charge in [0.2, 0.25) is 0 Å². The van der Waals surface area contributed by atoms with Crippen molar-refractivity contribution in [3.05, 3.63) is 52.0 Å². The average molecular weight is 396 g/mol. The zero-order valence-corrected chi connectivity index (χ0v) is 15.4. The summed E-state index contributed by atoms with van der Waals surface area (Å²) in [5, 5.41) is 6.84. The molecule has 0 atom stereocenters. The Labute approximate surface area is 159 Å². The fourth-order valence-corrected chi connectivity index (χ4v) is 2.43. The molecule has 7 nitrogen and oxygen atoms in total. The molecule has 26 heavy (non-hydrogen) atoms. The highest BCUT2D eigenvalue weighted by atomic mass is 35.5. The van der Waals surface area contributed by atoms with E-state index in [9.17, 15) is 9.59 Å². The number of hydrogen-bond acceptors (Lipinski definition) is 5. The van der Waals surface area contributed by atoms with Crippen LogP contribution < -0.4 is 20.2 Å². The molecule has 0 spiro atoms. The Balaban J connectivity index is 2.04. The van der Waals surface area contributed by atoms with E-state index in [1.54, 1.807) is 30.3 Å². The van der Waals surface area contributed by atoms with Crippen LogP contribution in [0.25, 0.3) is 0 Å². The minimum Gasteiger partial charge on any atom is -0.497 e. The topological polar surface area (TPSA) is 89.0 Å². The van der Waals surface area contributed by atoms with E-state index in [2.05, 4.69) is 15.8 Å². The van der Waals surface area contributed by atoms with Crippen molar-refractivity contribution < 1.29 is 19.1 Å². The summed E-state index contributed by atoms with van der Waals surface area (Å²) in [4.78, 5) is 23.9. The molecule has 0 saturated heterocycles. The number of nitrogens with one attached hydrogen (secondary N) is 2. The van der Waals surface area contributed by atoms with Gasteiger partial charge in [0.1, 0.15) is 11.5 Å². The summed E-state index contributed by atoms with van der Waals surface area (Å²) in [5.74, 6) is -1.04. The third-order valence-corrected chi connectivity index (χ3v) is 3.88. The molecule has 0 bridgehead atoms. The Bertz CT molecular complexity index is 836. The van der Waals surface area contributed by atoms with Crippen molar-refractivity contribution in [3.8, 4) is 11.5 Å². The summed E-state index contributed by atoms with van der Waals surface area (Å²) in [7, 11) is 2.92. The predicted octanol–water partition coefficient (Wildman–Crippen LogP) is 3.10. The Morgan fingerprint density at radius 2 is 1.73 bits per heavy atom. The largest absolute Gasteiger partial charge is 0.497 e. The van der Waals surface area contributed by atoms with Crippen molar-refractivity contribution >= 4 is 46.9 Å². The SMILES string of the molecule is COc1ccc(OC)c(NC(=O)C(=O)N/N=C/c2c(Cl)cccc2Cl)c1. The summed E-state index contributed by atoms with van der Waals surface area (Å²) in [6.45, 7) is 0. The lowest BCUT2D eigenvalue weighted by Crippen LogP contribution is -2.32. The van der Waals surface area contributed by atoms with Gasteiger partial charge in [-0.05, 0) is 24.3 Å². The summed E-state index contributed by atoms with van der Waals surface area (Å²) >= 11 is 12.0. The fourth-order valence-electron chi connectivity index (χ4n) is 1.93. The van der Waals surface area contributed by atoms with E-state index in [0.717, 1.165) is 0 Å². The smallest absolute Gasteiger partial charge is 0.329 e. The van der Waals surface area contributed by atoms with E-state index in [4.69, 9.17) is 32.7 Å². The van der Waals surface area contributed by atoms with E-state index in [-0.39, 0.29) is 5.69 Å². The molecular weight excluding hydrogens is 381 g/mol. The van der Waals surface area contributed by atoms with E-state index in [1.807, 2.05) is 0 Å². The molecule has 2 aromatic rings. The average Bonchev–Trinajstić information content (AvgIpc) is 2.63. The molecule has 136 valence electrons. The lowest BCUT2D eigenvalue weighted by atomic mass is 10.2. The molecule has 0 aliphatic heterocycles. The van der Waals surface area contributed by atoms with Crippen molar-refractivity contribution in [1.82, 2.24) is 5.43 Å². The molecular formula is C17H15Cl2N3O4. The number of amides is 2. The number of anilines is 1. The van der Waals surface area contributed by atoms with Crippen molar-refractivity contribution in [2.24, 2.45) is 5.10 Å². The van der Waals surface area contributed by atoms with Crippen molar-refractivity contribution in [1.29, 1.82) is 0 Å². The Kier molecular flexibility index (Phi) is 6.82. The van der Waals surface area contributed by atoms with Crippen molar-refractivity contribution in [2.75, 3.05) is 19.5 Å². The van der Waals surface area contributed by atoms with Gasteiger partial charge in [0, 0.05) is 11.6 Å². The summed E-state index contributed by atoms with van der Waals surface area (Å²) in [6, 6.07) is 9.71. The molecule has 2 N–H and O–H groups in total. The van der Waals surface area contributed by atoms with Crippen LogP contribution in [-0.4, -0.2) is 32.2 Å². The zero-order chi connectivity index (χ0) is 19.1. The molecule has 0 heterocycles. The molecule has 2 rings (SSSR count). The van der Waals surface area contributed by atoms with E-state index in [1.165, 1.54) is 26.5 Å². The van der Waals surface area contributed by atoms with Crippen LogP contribution in [0.5, 0.6) is 11.5 Å². The number of rotatable bonds is 5. The minimum absolute atomic E-state index is 0.283. The zero-order valence-electron chi connectivity index (χ0n) is 13.9. The Hall–Kier alpha value is -2.77. The van der Waals surface area contributed by atoms with Gasteiger partial charge >= 0.3 is 11.8 Å². The van der Waals surface area contributed by atoms with Gasteiger partial charge in [-0.1, -0.05) is 29.3 Å². The van der Waals surface area contributed by atoms with Gasteiger partial charge in [0.25, 0.3) is 0 Å². The molecule has 0 aliphatic rings.